The Morgan fingerprint density at radius 1 is 1.88 bits per heavy atom. The SMILES string of the molecule is CSC(C)(N)CPS. The highest BCUT2D eigenvalue weighted by Crippen LogP contribution is 2.26. The molecule has 0 fully saturated rings. The van der Waals surface area contributed by atoms with E-state index in [1.54, 1.807) is 11.8 Å². The van der Waals surface area contributed by atoms with Crippen LogP contribution in [0.15, 0.2) is 0 Å². The first-order valence-electron chi connectivity index (χ1n) is 2.33. The smallest absolute Gasteiger partial charge is 0.0633 e. The third-order valence-electron chi connectivity index (χ3n) is 0.896. The minimum Gasteiger partial charge on any atom is -0.317 e. The summed E-state index contributed by atoms with van der Waals surface area (Å²) in [6, 6.07) is 0. The first-order chi connectivity index (χ1) is 3.62. The van der Waals surface area contributed by atoms with Crippen molar-refractivity contribution in [2.45, 2.75) is 11.8 Å². The van der Waals surface area contributed by atoms with E-state index >= 15 is 0 Å². The molecule has 4 heteroatoms. The Hall–Kier alpha value is 1.09. The van der Waals surface area contributed by atoms with Gasteiger partial charge in [0.15, 0.2) is 0 Å². The summed E-state index contributed by atoms with van der Waals surface area (Å²) >= 11 is 5.79. The molecule has 0 aromatic rings. The summed E-state index contributed by atoms with van der Waals surface area (Å²) in [5.74, 6) is 0. The van der Waals surface area contributed by atoms with Gasteiger partial charge < -0.3 is 5.73 Å². The van der Waals surface area contributed by atoms with Crippen molar-refractivity contribution >= 4 is 31.8 Å². The van der Waals surface area contributed by atoms with E-state index in [1.807, 2.05) is 13.2 Å². The molecule has 50 valence electrons. The molecule has 2 unspecified atom stereocenters. The first-order valence-corrected chi connectivity index (χ1v) is 6.05. The fraction of sp³-hybridized carbons (Fsp3) is 1.00. The van der Waals surface area contributed by atoms with Gasteiger partial charge in [0, 0.05) is 6.16 Å². The summed E-state index contributed by atoms with van der Waals surface area (Å²) in [6.07, 6.45) is 3.02. The maximum absolute atomic E-state index is 5.75. The molecule has 0 aliphatic rings. The molecule has 0 spiro atoms. The highest BCUT2D eigenvalue weighted by Gasteiger charge is 2.13. The van der Waals surface area contributed by atoms with E-state index < -0.39 is 0 Å². The third kappa shape index (κ3) is 4.02. The van der Waals surface area contributed by atoms with E-state index in [1.165, 1.54) is 0 Å². The zero-order valence-electron chi connectivity index (χ0n) is 5.14. The van der Waals surface area contributed by atoms with Gasteiger partial charge in [-0.3, -0.25) is 0 Å². The van der Waals surface area contributed by atoms with Crippen molar-refractivity contribution in [2.75, 3.05) is 12.4 Å². The van der Waals surface area contributed by atoms with Crippen molar-refractivity contribution in [2.24, 2.45) is 5.73 Å². The van der Waals surface area contributed by atoms with Crippen molar-refractivity contribution in [3.63, 3.8) is 0 Å². The van der Waals surface area contributed by atoms with Gasteiger partial charge >= 0.3 is 0 Å². The van der Waals surface area contributed by atoms with E-state index in [-0.39, 0.29) is 4.87 Å². The highest BCUT2D eigenvalue weighted by atomic mass is 32.7. The molecule has 0 saturated carbocycles. The predicted octanol–water partition coefficient (Wildman–Crippen LogP) is 1.55. The fourth-order valence-electron chi connectivity index (χ4n) is 0.229. The van der Waals surface area contributed by atoms with Crippen LogP contribution in [0.2, 0.25) is 0 Å². The number of nitrogens with two attached hydrogens (primary N) is 1. The van der Waals surface area contributed by atoms with Crippen LogP contribution in [0.1, 0.15) is 6.92 Å². The van der Waals surface area contributed by atoms with Gasteiger partial charge in [0.1, 0.15) is 0 Å². The first kappa shape index (κ1) is 9.09. The largest absolute Gasteiger partial charge is 0.317 e. The van der Waals surface area contributed by atoms with E-state index in [9.17, 15) is 0 Å². The molecule has 0 aromatic heterocycles. The van der Waals surface area contributed by atoms with Gasteiger partial charge in [-0.1, -0.05) is 7.78 Å². The van der Waals surface area contributed by atoms with E-state index in [0.717, 1.165) is 6.16 Å². The van der Waals surface area contributed by atoms with Crippen molar-refractivity contribution < 1.29 is 0 Å². The monoisotopic (exact) mass is 169 g/mol. The number of rotatable bonds is 3. The molecule has 0 heterocycles. The predicted molar refractivity (Wildman–Crippen MR) is 48.3 cm³/mol. The molecule has 1 nitrogen and oxygen atoms in total. The highest BCUT2D eigenvalue weighted by molar-refractivity contribution is 8.38. The minimum atomic E-state index is -0.0554. The molecular weight excluding hydrogens is 157 g/mol. The number of hydrogen-bond acceptors (Lipinski definition) is 3. The molecule has 0 amide bonds. The van der Waals surface area contributed by atoms with Crippen molar-refractivity contribution in [3.8, 4) is 0 Å². The topological polar surface area (TPSA) is 26.0 Å². The summed E-state index contributed by atoms with van der Waals surface area (Å²) in [5.41, 5.74) is 5.75. The van der Waals surface area contributed by atoms with Gasteiger partial charge in [-0.25, -0.2) is 0 Å². The minimum absolute atomic E-state index is 0.0554. The Morgan fingerprint density at radius 3 is 2.50 bits per heavy atom. The zero-order chi connectivity index (χ0) is 6.62. The average molecular weight is 169 g/mol. The second kappa shape index (κ2) is 3.99. The molecule has 8 heavy (non-hydrogen) atoms. The third-order valence-corrected chi connectivity index (χ3v) is 3.60. The number of thiol groups is 1. The van der Waals surface area contributed by atoms with E-state index in [2.05, 4.69) is 12.2 Å². The lowest BCUT2D eigenvalue weighted by molar-refractivity contribution is 0.773. The quantitative estimate of drug-likeness (QED) is 0.381. The number of hydrogen-bond donors (Lipinski definition) is 2. The summed E-state index contributed by atoms with van der Waals surface area (Å²) in [4.78, 5) is -0.0554. The Labute approximate surface area is 62.1 Å². The molecule has 0 aliphatic carbocycles. The molecule has 0 aromatic carbocycles. The molecule has 2 atom stereocenters. The van der Waals surface area contributed by atoms with Gasteiger partial charge in [-0.05, 0) is 13.2 Å². The molecule has 0 aliphatic heterocycles. The normalized spacial score (nSPS) is 19.5. The van der Waals surface area contributed by atoms with Crippen molar-refractivity contribution in [3.05, 3.63) is 0 Å². The van der Waals surface area contributed by atoms with Crippen LogP contribution in [0.5, 0.6) is 0 Å². The summed E-state index contributed by atoms with van der Waals surface area (Å²) < 4.78 is 0. The van der Waals surface area contributed by atoms with E-state index in [4.69, 9.17) is 5.73 Å². The second-order valence-corrected chi connectivity index (χ2v) is 4.81. The molecule has 2 N–H and O–H groups in total. The van der Waals surface area contributed by atoms with Crippen LogP contribution in [-0.4, -0.2) is 17.3 Å². The Morgan fingerprint density at radius 2 is 2.38 bits per heavy atom. The van der Waals surface area contributed by atoms with Crippen LogP contribution in [0.4, 0.5) is 0 Å². The van der Waals surface area contributed by atoms with Crippen LogP contribution in [0.25, 0.3) is 0 Å². The Kier molecular flexibility index (Phi) is 4.54. The molecule has 0 rings (SSSR count). The molecule has 0 radical (unpaired) electrons. The fourth-order valence-corrected chi connectivity index (χ4v) is 2.64. The average Bonchev–Trinajstić information content (AvgIpc) is 1.67. The number of thioether (sulfide) groups is 1. The Bertz CT molecular complexity index is 67.1. The summed E-state index contributed by atoms with van der Waals surface area (Å²) in [6.45, 7) is 2.03. The zero-order valence-corrected chi connectivity index (χ0v) is 7.85. The maximum Gasteiger partial charge on any atom is 0.0633 e. The molecule has 0 bridgehead atoms. The summed E-state index contributed by atoms with van der Waals surface area (Å²) in [5, 5.41) is 0. The van der Waals surface area contributed by atoms with Gasteiger partial charge in [-0.2, -0.15) is 12.2 Å². The Balaban J connectivity index is 3.37. The standard InChI is InChI=1S/C4H12NPS2/c1-4(5,8-2)3-6-7/h6-7H,3,5H2,1-2H3. The van der Waals surface area contributed by atoms with Crippen LogP contribution < -0.4 is 5.73 Å². The van der Waals surface area contributed by atoms with Gasteiger partial charge in [0.05, 0.1) is 4.87 Å². The lowest BCUT2D eigenvalue weighted by atomic mass is 10.4. The second-order valence-electron chi connectivity index (χ2n) is 1.85. The van der Waals surface area contributed by atoms with Gasteiger partial charge in [0.2, 0.25) is 0 Å². The van der Waals surface area contributed by atoms with Crippen LogP contribution in [0.3, 0.4) is 0 Å². The van der Waals surface area contributed by atoms with Gasteiger partial charge in [-0.15, -0.1) is 11.8 Å². The van der Waals surface area contributed by atoms with E-state index in [0.29, 0.717) is 7.78 Å². The van der Waals surface area contributed by atoms with Gasteiger partial charge in [0.25, 0.3) is 0 Å². The van der Waals surface area contributed by atoms with Crippen molar-refractivity contribution in [1.29, 1.82) is 0 Å². The maximum atomic E-state index is 5.75. The van der Waals surface area contributed by atoms with Crippen LogP contribution >= 0.6 is 31.8 Å². The van der Waals surface area contributed by atoms with Crippen LogP contribution in [-0.2, 0) is 0 Å². The summed E-state index contributed by atoms with van der Waals surface area (Å²) in [7, 11) is 0.665. The molecule has 0 saturated heterocycles. The lowest BCUT2D eigenvalue weighted by Gasteiger charge is -2.19. The molecular formula is C4H12NPS2. The lowest BCUT2D eigenvalue weighted by Crippen LogP contribution is -2.33. The van der Waals surface area contributed by atoms with Crippen LogP contribution in [0, 0.1) is 0 Å². The van der Waals surface area contributed by atoms with Crippen molar-refractivity contribution in [1.82, 2.24) is 0 Å².